The van der Waals surface area contributed by atoms with Gasteiger partial charge < -0.3 is 15.0 Å². The number of anilines is 2. The van der Waals surface area contributed by atoms with E-state index in [9.17, 15) is 9.18 Å². The summed E-state index contributed by atoms with van der Waals surface area (Å²) in [4.78, 5) is 13.3. The largest absolute Gasteiger partial charge is 0.462 e. The van der Waals surface area contributed by atoms with Gasteiger partial charge in [-0.1, -0.05) is 24.3 Å². The van der Waals surface area contributed by atoms with Crippen LogP contribution in [0.3, 0.4) is 0 Å². The van der Waals surface area contributed by atoms with E-state index in [1.807, 2.05) is 30.3 Å². The summed E-state index contributed by atoms with van der Waals surface area (Å²) in [6, 6.07) is 16.2. The summed E-state index contributed by atoms with van der Waals surface area (Å²) in [7, 11) is 1.80. The molecule has 0 heterocycles. The Balaban J connectivity index is 2.06. The van der Waals surface area contributed by atoms with E-state index in [4.69, 9.17) is 10.00 Å². The summed E-state index contributed by atoms with van der Waals surface area (Å²) in [5, 5.41) is 11.8. The van der Waals surface area contributed by atoms with Gasteiger partial charge in [0.25, 0.3) is 0 Å². The van der Waals surface area contributed by atoms with Gasteiger partial charge in [0.05, 0.1) is 12.3 Å². The van der Waals surface area contributed by atoms with Crippen molar-refractivity contribution >= 4 is 17.3 Å². The van der Waals surface area contributed by atoms with E-state index < -0.39 is 5.97 Å². The van der Waals surface area contributed by atoms with Gasteiger partial charge in [0, 0.05) is 25.5 Å². The molecule has 6 heteroatoms. The van der Waals surface area contributed by atoms with Crippen molar-refractivity contribution in [2.24, 2.45) is 0 Å². The Morgan fingerprint density at radius 1 is 1.31 bits per heavy atom. The standard InChI is InChI=1S/C20H20FN3O2/c1-3-26-20(25)16(12-22)14-23-13-15-9-10-19(18(21)11-15)24(2)17-7-5-4-6-8-17/h4-11,14,23H,3,13H2,1-2H3/b16-14+. The van der Waals surface area contributed by atoms with E-state index in [1.165, 1.54) is 12.3 Å². The first kappa shape index (κ1) is 19.0. The van der Waals surface area contributed by atoms with Gasteiger partial charge in [-0.25, -0.2) is 9.18 Å². The Labute approximate surface area is 152 Å². The van der Waals surface area contributed by atoms with E-state index in [0.717, 1.165) is 5.69 Å². The maximum Gasteiger partial charge on any atom is 0.350 e. The van der Waals surface area contributed by atoms with Gasteiger partial charge in [0.1, 0.15) is 11.9 Å². The molecule has 2 aromatic rings. The van der Waals surface area contributed by atoms with Crippen molar-refractivity contribution in [3.05, 3.63) is 71.7 Å². The van der Waals surface area contributed by atoms with Crippen LogP contribution in [0.4, 0.5) is 15.8 Å². The fourth-order valence-corrected chi connectivity index (χ4v) is 2.34. The number of rotatable bonds is 7. The second-order valence-corrected chi connectivity index (χ2v) is 5.45. The van der Waals surface area contributed by atoms with Crippen LogP contribution in [0.1, 0.15) is 12.5 Å². The minimum absolute atomic E-state index is 0.132. The van der Waals surface area contributed by atoms with Gasteiger partial charge in [-0.15, -0.1) is 0 Å². The van der Waals surface area contributed by atoms with Crippen LogP contribution in [-0.2, 0) is 16.1 Å². The Bertz CT molecular complexity index is 829. The number of esters is 1. The van der Waals surface area contributed by atoms with Crippen LogP contribution in [0.25, 0.3) is 0 Å². The lowest BCUT2D eigenvalue weighted by atomic mass is 10.1. The molecule has 26 heavy (non-hydrogen) atoms. The SMILES string of the molecule is CCOC(=O)/C(C#N)=C/NCc1ccc(N(C)c2ccccc2)c(F)c1. The molecule has 0 bridgehead atoms. The lowest BCUT2D eigenvalue weighted by Crippen LogP contribution is -2.13. The molecule has 0 atom stereocenters. The van der Waals surface area contributed by atoms with Crippen molar-refractivity contribution < 1.29 is 13.9 Å². The number of halogens is 1. The second-order valence-electron chi connectivity index (χ2n) is 5.45. The van der Waals surface area contributed by atoms with Crippen LogP contribution >= 0.6 is 0 Å². The van der Waals surface area contributed by atoms with Crippen LogP contribution in [0.5, 0.6) is 0 Å². The first-order chi connectivity index (χ1) is 12.6. The van der Waals surface area contributed by atoms with Crippen molar-refractivity contribution in [2.75, 3.05) is 18.6 Å². The summed E-state index contributed by atoms with van der Waals surface area (Å²) in [5.74, 6) is -1.04. The van der Waals surface area contributed by atoms with Crippen LogP contribution in [0.2, 0.25) is 0 Å². The van der Waals surface area contributed by atoms with Gasteiger partial charge in [0.2, 0.25) is 0 Å². The molecule has 0 radical (unpaired) electrons. The number of carbonyl (C=O) groups is 1. The Morgan fingerprint density at radius 3 is 2.65 bits per heavy atom. The molecule has 0 aliphatic rings. The number of nitriles is 1. The topological polar surface area (TPSA) is 65.4 Å². The number of hydrogen-bond acceptors (Lipinski definition) is 5. The van der Waals surface area contributed by atoms with Gasteiger partial charge in [-0.3, -0.25) is 0 Å². The zero-order valence-electron chi connectivity index (χ0n) is 14.7. The van der Waals surface area contributed by atoms with E-state index in [0.29, 0.717) is 11.3 Å². The predicted molar refractivity (Wildman–Crippen MR) is 98.1 cm³/mol. The zero-order chi connectivity index (χ0) is 18.9. The Hall–Kier alpha value is -3.33. The molecule has 0 saturated carbocycles. The van der Waals surface area contributed by atoms with Crippen molar-refractivity contribution in [2.45, 2.75) is 13.5 Å². The number of nitrogens with one attached hydrogen (secondary N) is 1. The summed E-state index contributed by atoms with van der Waals surface area (Å²) < 4.78 is 19.2. The van der Waals surface area contributed by atoms with Crippen LogP contribution < -0.4 is 10.2 Å². The molecule has 0 fully saturated rings. The highest BCUT2D eigenvalue weighted by atomic mass is 19.1. The molecule has 0 amide bonds. The molecule has 2 aromatic carbocycles. The lowest BCUT2D eigenvalue weighted by molar-refractivity contribution is -0.138. The first-order valence-electron chi connectivity index (χ1n) is 8.14. The van der Waals surface area contributed by atoms with Crippen molar-refractivity contribution in [1.82, 2.24) is 5.32 Å². The number of hydrogen-bond donors (Lipinski definition) is 1. The highest BCUT2D eigenvalue weighted by molar-refractivity contribution is 5.92. The molecule has 5 nitrogen and oxygen atoms in total. The molecule has 0 unspecified atom stereocenters. The summed E-state index contributed by atoms with van der Waals surface area (Å²) in [5.41, 5.74) is 1.89. The van der Waals surface area contributed by atoms with Gasteiger partial charge in [-0.05, 0) is 36.8 Å². The van der Waals surface area contributed by atoms with Crippen LogP contribution in [0, 0.1) is 17.1 Å². The molecule has 0 aromatic heterocycles. The molecule has 2 rings (SSSR count). The van der Waals surface area contributed by atoms with E-state index in [-0.39, 0.29) is 24.5 Å². The van der Waals surface area contributed by atoms with Crippen molar-refractivity contribution in [3.63, 3.8) is 0 Å². The van der Waals surface area contributed by atoms with E-state index in [2.05, 4.69) is 5.32 Å². The Morgan fingerprint density at radius 2 is 2.04 bits per heavy atom. The number of carbonyl (C=O) groups excluding carboxylic acids is 1. The number of para-hydroxylation sites is 1. The molecule has 0 saturated heterocycles. The average molecular weight is 353 g/mol. The highest BCUT2D eigenvalue weighted by Crippen LogP contribution is 2.26. The highest BCUT2D eigenvalue weighted by Gasteiger charge is 2.11. The van der Waals surface area contributed by atoms with Crippen LogP contribution in [-0.4, -0.2) is 19.6 Å². The van der Waals surface area contributed by atoms with E-state index >= 15 is 0 Å². The molecule has 0 spiro atoms. The lowest BCUT2D eigenvalue weighted by Gasteiger charge is -2.20. The van der Waals surface area contributed by atoms with Crippen molar-refractivity contribution in [1.29, 1.82) is 5.26 Å². The molecule has 1 N–H and O–H groups in total. The molecular formula is C20H20FN3O2. The third-order valence-corrected chi connectivity index (χ3v) is 3.69. The fourth-order valence-electron chi connectivity index (χ4n) is 2.34. The molecule has 134 valence electrons. The fraction of sp³-hybridized carbons (Fsp3) is 0.200. The number of nitrogens with zero attached hydrogens (tertiary/aromatic N) is 2. The summed E-state index contributed by atoms with van der Waals surface area (Å²) in [6.45, 7) is 2.13. The maximum atomic E-state index is 14.5. The molecule has 0 aliphatic heterocycles. The third kappa shape index (κ3) is 4.84. The molecular weight excluding hydrogens is 333 g/mol. The minimum atomic E-state index is -0.687. The summed E-state index contributed by atoms with van der Waals surface area (Å²) in [6.07, 6.45) is 1.28. The van der Waals surface area contributed by atoms with Gasteiger partial charge >= 0.3 is 5.97 Å². The van der Waals surface area contributed by atoms with Gasteiger partial charge in [-0.2, -0.15) is 5.26 Å². The van der Waals surface area contributed by atoms with E-state index in [1.54, 1.807) is 37.1 Å². The smallest absolute Gasteiger partial charge is 0.350 e. The summed E-state index contributed by atoms with van der Waals surface area (Å²) >= 11 is 0. The number of ether oxygens (including phenoxy) is 1. The number of benzene rings is 2. The average Bonchev–Trinajstić information content (AvgIpc) is 2.65. The Kier molecular flexibility index (Phi) is 6.75. The predicted octanol–water partition coefficient (Wildman–Crippen LogP) is 3.65. The minimum Gasteiger partial charge on any atom is -0.462 e. The third-order valence-electron chi connectivity index (χ3n) is 3.69. The maximum absolute atomic E-state index is 14.5. The second kappa shape index (κ2) is 9.23. The first-order valence-corrected chi connectivity index (χ1v) is 8.14. The normalized spacial score (nSPS) is 10.8. The molecule has 0 aliphatic carbocycles. The zero-order valence-corrected chi connectivity index (χ0v) is 14.7. The van der Waals surface area contributed by atoms with Crippen molar-refractivity contribution in [3.8, 4) is 6.07 Å². The van der Waals surface area contributed by atoms with Gasteiger partial charge in [0.15, 0.2) is 5.57 Å². The quantitative estimate of drug-likeness (QED) is 0.468. The monoisotopic (exact) mass is 353 g/mol. The van der Waals surface area contributed by atoms with Crippen LogP contribution in [0.15, 0.2) is 60.3 Å².